The van der Waals surface area contributed by atoms with E-state index in [2.05, 4.69) is 4.98 Å². The molecule has 1 unspecified atom stereocenters. The zero-order valence-corrected chi connectivity index (χ0v) is 8.36. The van der Waals surface area contributed by atoms with Crippen molar-refractivity contribution in [3.63, 3.8) is 0 Å². The van der Waals surface area contributed by atoms with E-state index < -0.39 is 5.79 Å². The first kappa shape index (κ1) is 9.43. The Bertz CT molecular complexity index is 339. The van der Waals surface area contributed by atoms with Crippen molar-refractivity contribution < 1.29 is 9.47 Å². The van der Waals surface area contributed by atoms with Gasteiger partial charge in [0.25, 0.3) is 0 Å². The smallest absolute Gasteiger partial charge is 0.163 e. The molecule has 4 heteroatoms. The van der Waals surface area contributed by atoms with Crippen LogP contribution in [0.2, 0.25) is 0 Å². The predicted molar refractivity (Wildman–Crippen MR) is 52.5 cm³/mol. The number of pyridine rings is 1. The van der Waals surface area contributed by atoms with Crippen molar-refractivity contribution in [1.29, 1.82) is 0 Å². The molecular formula is C10H14N2O2. The van der Waals surface area contributed by atoms with Gasteiger partial charge in [-0.2, -0.15) is 0 Å². The molecule has 1 fully saturated rings. The Balaban J connectivity index is 2.17. The van der Waals surface area contributed by atoms with E-state index in [9.17, 15) is 0 Å². The lowest BCUT2D eigenvalue weighted by Crippen LogP contribution is -2.19. The summed E-state index contributed by atoms with van der Waals surface area (Å²) in [5, 5.41) is 0. The van der Waals surface area contributed by atoms with Crippen molar-refractivity contribution in [3.05, 3.63) is 24.0 Å². The van der Waals surface area contributed by atoms with Gasteiger partial charge in [-0.1, -0.05) is 0 Å². The number of hydrogen-bond acceptors (Lipinski definition) is 4. The van der Waals surface area contributed by atoms with E-state index in [-0.39, 0.29) is 6.10 Å². The normalized spacial score (nSPS) is 25.1. The highest BCUT2D eigenvalue weighted by atomic mass is 16.7. The van der Waals surface area contributed by atoms with Crippen LogP contribution in [-0.4, -0.2) is 17.4 Å². The first-order valence-corrected chi connectivity index (χ1v) is 4.60. The average Bonchev–Trinajstić information content (AvgIpc) is 2.46. The van der Waals surface area contributed by atoms with Crippen LogP contribution >= 0.6 is 0 Å². The second kappa shape index (κ2) is 3.22. The van der Waals surface area contributed by atoms with Gasteiger partial charge in [-0.3, -0.25) is 4.98 Å². The highest BCUT2D eigenvalue weighted by molar-refractivity contribution is 5.37. The molecule has 0 radical (unpaired) electrons. The minimum atomic E-state index is -0.517. The van der Waals surface area contributed by atoms with Crippen LogP contribution in [0.25, 0.3) is 0 Å². The Kier molecular flexibility index (Phi) is 2.17. The Hall–Kier alpha value is -1.13. The zero-order valence-electron chi connectivity index (χ0n) is 8.36. The van der Waals surface area contributed by atoms with Gasteiger partial charge in [-0.25, -0.2) is 0 Å². The third kappa shape index (κ3) is 1.86. The second-order valence-electron chi connectivity index (χ2n) is 3.83. The molecule has 76 valence electrons. The van der Waals surface area contributed by atoms with E-state index in [4.69, 9.17) is 15.2 Å². The summed E-state index contributed by atoms with van der Waals surface area (Å²) in [6.45, 7) is 4.31. The minimum absolute atomic E-state index is 0.103. The zero-order chi connectivity index (χ0) is 10.2. The van der Waals surface area contributed by atoms with Gasteiger partial charge in [0.1, 0.15) is 6.10 Å². The van der Waals surface area contributed by atoms with E-state index in [0.29, 0.717) is 12.3 Å². The molecule has 14 heavy (non-hydrogen) atoms. The maximum atomic E-state index is 5.66. The molecule has 1 aromatic rings. The van der Waals surface area contributed by atoms with Gasteiger partial charge in [-0.15, -0.1) is 0 Å². The molecule has 0 aromatic carbocycles. The molecule has 2 heterocycles. The summed E-state index contributed by atoms with van der Waals surface area (Å²) in [6.07, 6.45) is 1.58. The number of hydrogen-bond donors (Lipinski definition) is 1. The molecule has 1 atom stereocenters. The van der Waals surface area contributed by atoms with E-state index in [1.807, 2.05) is 19.9 Å². The van der Waals surface area contributed by atoms with Crippen LogP contribution in [0.3, 0.4) is 0 Å². The van der Waals surface area contributed by atoms with Gasteiger partial charge in [-0.05, 0) is 26.0 Å². The van der Waals surface area contributed by atoms with Crippen LogP contribution in [0.1, 0.15) is 25.6 Å². The Morgan fingerprint density at radius 3 is 2.93 bits per heavy atom. The number of rotatable bonds is 1. The monoisotopic (exact) mass is 194 g/mol. The number of ether oxygens (including phenoxy) is 2. The molecular weight excluding hydrogens is 180 g/mol. The Labute approximate surface area is 83.0 Å². The maximum Gasteiger partial charge on any atom is 0.163 e. The summed E-state index contributed by atoms with van der Waals surface area (Å²) < 4.78 is 11.1. The predicted octanol–water partition coefficient (Wildman–Crippen LogP) is 1.49. The standard InChI is InChI=1S/C10H14N2O2/c1-10(2)13-6-9(14-10)8-5-7(11)3-4-12-8/h3-5,9H,6H2,1-2H3,(H2,11,12). The molecule has 2 N–H and O–H groups in total. The summed E-state index contributed by atoms with van der Waals surface area (Å²) in [5.41, 5.74) is 7.18. The van der Waals surface area contributed by atoms with Crippen LogP contribution < -0.4 is 5.73 Å². The molecule has 2 rings (SSSR count). The second-order valence-corrected chi connectivity index (χ2v) is 3.83. The molecule has 0 saturated carbocycles. The Morgan fingerprint density at radius 2 is 2.36 bits per heavy atom. The van der Waals surface area contributed by atoms with Crippen LogP contribution in [0.15, 0.2) is 18.3 Å². The van der Waals surface area contributed by atoms with Gasteiger partial charge >= 0.3 is 0 Å². The first-order chi connectivity index (χ1) is 6.57. The van der Waals surface area contributed by atoms with Crippen molar-refractivity contribution in [1.82, 2.24) is 4.98 Å². The third-order valence-electron chi connectivity index (χ3n) is 2.14. The molecule has 0 bridgehead atoms. The summed E-state index contributed by atoms with van der Waals surface area (Å²) >= 11 is 0. The Morgan fingerprint density at radius 1 is 1.57 bits per heavy atom. The first-order valence-electron chi connectivity index (χ1n) is 4.60. The largest absolute Gasteiger partial charge is 0.399 e. The summed E-state index contributed by atoms with van der Waals surface area (Å²) in [7, 11) is 0. The summed E-state index contributed by atoms with van der Waals surface area (Å²) in [5.74, 6) is -0.517. The summed E-state index contributed by atoms with van der Waals surface area (Å²) in [6, 6.07) is 3.57. The van der Waals surface area contributed by atoms with E-state index in [1.54, 1.807) is 12.3 Å². The number of aromatic nitrogens is 1. The molecule has 1 aliphatic rings. The van der Waals surface area contributed by atoms with Crippen LogP contribution in [0.4, 0.5) is 5.69 Å². The molecule has 4 nitrogen and oxygen atoms in total. The molecule has 1 aliphatic heterocycles. The van der Waals surface area contributed by atoms with E-state index >= 15 is 0 Å². The quantitative estimate of drug-likeness (QED) is 0.735. The van der Waals surface area contributed by atoms with Crippen molar-refractivity contribution in [3.8, 4) is 0 Å². The van der Waals surface area contributed by atoms with Gasteiger partial charge in [0.2, 0.25) is 0 Å². The third-order valence-corrected chi connectivity index (χ3v) is 2.14. The lowest BCUT2D eigenvalue weighted by molar-refractivity contribution is -0.139. The molecule has 1 saturated heterocycles. The number of nitrogens with zero attached hydrogens (tertiary/aromatic N) is 1. The number of nitrogen functional groups attached to an aromatic ring is 1. The van der Waals surface area contributed by atoms with Crippen LogP contribution in [-0.2, 0) is 9.47 Å². The fourth-order valence-electron chi connectivity index (χ4n) is 1.47. The number of anilines is 1. The summed E-state index contributed by atoms with van der Waals surface area (Å²) in [4.78, 5) is 4.20. The van der Waals surface area contributed by atoms with Gasteiger partial charge in [0, 0.05) is 11.9 Å². The lowest BCUT2D eigenvalue weighted by Gasteiger charge is -2.16. The molecule has 0 spiro atoms. The fourth-order valence-corrected chi connectivity index (χ4v) is 1.47. The van der Waals surface area contributed by atoms with Crippen molar-refractivity contribution >= 4 is 5.69 Å². The average molecular weight is 194 g/mol. The lowest BCUT2D eigenvalue weighted by atomic mass is 10.2. The van der Waals surface area contributed by atoms with E-state index in [1.165, 1.54) is 0 Å². The minimum Gasteiger partial charge on any atom is -0.399 e. The van der Waals surface area contributed by atoms with Crippen molar-refractivity contribution in [2.45, 2.75) is 25.7 Å². The number of nitrogens with two attached hydrogens (primary N) is 1. The maximum absolute atomic E-state index is 5.66. The van der Waals surface area contributed by atoms with Crippen LogP contribution in [0, 0.1) is 0 Å². The van der Waals surface area contributed by atoms with Gasteiger partial charge < -0.3 is 15.2 Å². The van der Waals surface area contributed by atoms with Crippen molar-refractivity contribution in [2.75, 3.05) is 12.3 Å². The molecule has 0 amide bonds. The topological polar surface area (TPSA) is 57.4 Å². The highest BCUT2D eigenvalue weighted by Gasteiger charge is 2.34. The van der Waals surface area contributed by atoms with Crippen LogP contribution in [0.5, 0.6) is 0 Å². The van der Waals surface area contributed by atoms with Crippen molar-refractivity contribution in [2.24, 2.45) is 0 Å². The molecule has 1 aromatic heterocycles. The van der Waals surface area contributed by atoms with Gasteiger partial charge in [0.05, 0.1) is 12.3 Å². The van der Waals surface area contributed by atoms with E-state index in [0.717, 1.165) is 5.69 Å². The van der Waals surface area contributed by atoms with Gasteiger partial charge in [0.15, 0.2) is 5.79 Å². The highest BCUT2D eigenvalue weighted by Crippen LogP contribution is 2.32. The SMILES string of the molecule is CC1(C)OCC(c2cc(N)ccn2)O1. The fraction of sp³-hybridized carbons (Fsp3) is 0.500. The molecule has 0 aliphatic carbocycles.